The fourth-order valence-electron chi connectivity index (χ4n) is 2.62. The summed E-state index contributed by atoms with van der Waals surface area (Å²) in [6, 6.07) is 22.1. The third-order valence-corrected chi connectivity index (χ3v) is 3.99. The topological polar surface area (TPSA) is 69.2 Å². The van der Waals surface area contributed by atoms with Crippen molar-refractivity contribution >= 4 is 12.1 Å². The largest absolute Gasteiger partial charge is 0.490 e. The molecule has 31 heavy (non-hydrogen) atoms. The molecule has 6 nitrogen and oxygen atoms in total. The molecule has 1 amide bonds. The van der Waals surface area contributed by atoms with Crippen LogP contribution in [0, 0.1) is 0 Å². The summed E-state index contributed by atoms with van der Waals surface area (Å²) in [4.78, 5) is 12.5. The first-order chi connectivity index (χ1) is 15.1. The smallest absolute Gasteiger partial charge is 0.387 e. The van der Waals surface area contributed by atoms with Crippen molar-refractivity contribution in [3.63, 3.8) is 0 Å². The van der Waals surface area contributed by atoms with Gasteiger partial charge in [0.2, 0.25) is 0 Å². The predicted molar refractivity (Wildman–Crippen MR) is 112 cm³/mol. The fourth-order valence-corrected chi connectivity index (χ4v) is 2.62. The maximum atomic E-state index is 12.5. The summed E-state index contributed by atoms with van der Waals surface area (Å²) in [5, 5.41) is 3.83. The maximum absolute atomic E-state index is 12.5. The highest BCUT2D eigenvalue weighted by molar-refractivity contribution is 5.97. The molecule has 0 bridgehead atoms. The van der Waals surface area contributed by atoms with Crippen LogP contribution in [0.2, 0.25) is 0 Å². The molecule has 0 unspecified atom stereocenters. The fraction of sp³-hybridized carbons (Fsp3) is 0.130. The summed E-state index contributed by atoms with van der Waals surface area (Å²) in [6.45, 7) is -2.42. The molecule has 3 aromatic rings. The molecule has 0 fully saturated rings. The Balaban J connectivity index is 1.57. The highest BCUT2D eigenvalue weighted by Crippen LogP contribution is 2.19. The van der Waals surface area contributed by atoms with Crippen molar-refractivity contribution in [1.29, 1.82) is 0 Å². The van der Waals surface area contributed by atoms with E-state index in [0.717, 1.165) is 5.75 Å². The Hall–Kier alpha value is -3.94. The Bertz CT molecular complexity index is 1010. The summed E-state index contributed by atoms with van der Waals surface area (Å²) in [5.74, 6) is 0.539. The van der Waals surface area contributed by atoms with Crippen LogP contribution in [0.3, 0.4) is 0 Å². The Morgan fingerprint density at radius 3 is 2.29 bits per heavy atom. The van der Waals surface area contributed by atoms with E-state index in [1.165, 1.54) is 18.3 Å². The van der Waals surface area contributed by atoms with Crippen LogP contribution in [-0.4, -0.2) is 31.9 Å². The van der Waals surface area contributed by atoms with Crippen LogP contribution in [0.5, 0.6) is 17.2 Å². The minimum absolute atomic E-state index is 0.0438. The second kappa shape index (κ2) is 11.3. The molecule has 0 saturated carbocycles. The second-order valence-corrected chi connectivity index (χ2v) is 6.12. The zero-order valence-corrected chi connectivity index (χ0v) is 16.4. The van der Waals surface area contributed by atoms with E-state index < -0.39 is 12.5 Å². The molecule has 0 spiro atoms. The van der Waals surface area contributed by atoms with Crippen molar-refractivity contribution in [3.05, 3.63) is 90.0 Å². The van der Waals surface area contributed by atoms with Crippen LogP contribution in [0.15, 0.2) is 84.0 Å². The quantitative estimate of drug-likeness (QED) is 0.294. The van der Waals surface area contributed by atoms with E-state index in [2.05, 4.69) is 15.3 Å². The van der Waals surface area contributed by atoms with E-state index in [9.17, 15) is 13.6 Å². The minimum atomic E-state index is -2.96. The molecule has 0 atom stereocenters. The molecule has 0 aliphatic rings. The van der Waals surface area contributed by atoms with Gasteiger partial charge in [-0.05, 0) is 36.4 Å². The lowest BCUT2D eigenvalue weighted by molar-refractivity contribution is -0.0499. The number of para-hydroxylation sites is 3. The van der Waals surface area contributed by atoms with Crippen molar-refractivity contribution in [2.24, 2.45) is 5.10 Å². The average molecular weight is 426 g/mol. The van der Waals surface area contributed by atoms with Crippen LogP contribution in [0.1, 0.15) is 15.9 Å². The number of hydrogen-bond acceptors (Lipinski definition) is 5. The summed E-state index contributed by atoms with van der Waals surface area (Å²) in [6.07, 6.45) is 1.23. The molecule has 160 valence electrons. The number of carbonyl (C=O) groups is 1. The number of hydrogen-bond donors (Lipinski definition) is 1. The lowest BCUT2D eigenvalue weighted by Gasteiger charge is -2.11. The maximum Gasteiger partial charge on any atom is 0.387 e. The highest BCUT2D eigenvalue weighted by Gasteiger charge is 2.12. The molecule has 0 aliphatic heterocycles. The first-order valence-electron chi connectivity index (χ1n) is 9.40. The summed E-state index contributed by atoms with van der Waals surface area (Å²) in [5.41, 5.74) is 2.93. The van der Waals surface area contributed by atoms with Gasteiger partial charge in [-0.15, -0.1) is 0 Å². The first kappa shape index (κ1) is 21.8. The average Bonchev–Trinajstić information content (AvgIpc) is 2.78. The number of halogens is 2. The highest BCUT2D eigenvalue weighted by atomic mass is 19.3. The van der Waals surface area contributed by atoms with Crippen molar-refractivity contribution < 1.29 is 27.8 Å². The lowest BCUT2D eigenvalue weighted by atomic mass is 10.2. The SMILES string of the molecule is O=C(N/N=C/c1ccccc1OC(F)F)c1ccccc1OCCOc1ccccc1. The number of nitrogens with one attached hydrogen (secondary N) is 1. The number of ether oxygens (including phenoxy) is 3. The summed E-state index contributed by atoms with van der Waals surface area (Å²) in [7, 11) is 0. The van der Waals surface area contributed by atoms with Crippen molar-refractivity contribution in [2.45, 2.75) is 6.61 Å². The molecular formula is C23H20F2N2O4. The van der Waals surface area contributed by atoms with Gasteiger partial charge in [0.25, 0.3) is 5.91 Å². The third kappa shape index (κ3) is 6.81. The van der Waals surface area contributed by atoms with E-state index >= 15 is 0 Å². The molecule has 0 saturated heterocycles. The van der Waals surface area contributed by atoms with Crippen molar-refractivity contribution in [2.75, 3.05) is 13.2 Å². The van der Waals surface area contributed by atoms with E-state index in [4.69, 9.17) is 9.47 Å². The molecule has 0 radical (unpaired) electrons. The van der Waals surface area contributed by atoms with Crippen LogP contribution in [0.25, 0.3) is 0 Å². The standard InChI is InChI=1S/C23H20F2N2O4/c24-23(25)31-20-12-6-4-8-17(20)16-26-27-22(28)19-11-5-7-13-21(19)30-15-14-29-18-9-2-1-3-10-18/h1-13,16,23H,14-15H2,(H,27,28)/b26-16+. The number of alkyl halides is 2. The predicted octanol–water partition coefficient (Wildman–Crippen LogP) is 4.51. The number of benzene rings is 3. The number of amides is 1. The summed E-state index contributed by atoms with van der Waals surface area (Å²) >= 11 is 0. The number of hydrazone groups is 1. The Kier molecular flexibility index (Phi) is 7.93. The van der Waals surface area contributed by atoms with E-state index in [1.54, 1.807) is 36.4 Å². The number of rotatable bonds is 10. The minimum Gasteiger partial charge on any atom is -0.490 e. The van der Waals surface area contributed by atoms with Gasteiger partial charge in [0.05, 0.1) is 11.8 Å². The van der Waals surface area contributed by atoms with E-state index in [1.807, 2.05) is 30.3 Å². The van der Waals surface area contributed by atoms with Crippen molar-refractivity contribution in [1.82, 2.24) is 5.43 Å². The zero-order valence-electron chi connectivity index (χ0n) is 16.4. The molecule has 3 rings (SSSR count). The van der Waals surface area contributed by atoms with Gasteiger partial charge in [-0.3, -0.25) is 4.79 Å². The molecular weight excluding hydrogens is 406 g/mol. The van der Waals surface area contributed by atoms with Crippen LogP contribution >= 0.6 is 0 Å². The van der Waals surface area contributed by atoms with Gasteiger partial charge in [0.15, 0.2) is 0 Å². The third-order valence-electron chi connectivity index (χ3n) is 3.99. The molecule has 0 aromatic heterocycles. The monoisotopic (exact) mass is 426 g/mol. The second-order valence-electron chi connectivity index (χ2n) is 6.12. The van der Waals surface area contributed by atoms with Gasteiger partial charge in [0, 0.05) is 5.56 Å². The molecule has 1 N–H and O–H groups in total. The van der Waals surface area contributed by atoms with Gasteiger partial charge in [0.1, 0.15) is 30.5 Å². The number of nitrogens with zero attached hydrogens (tertiary/aromatic N) is 1. The van der Waals surface area contributed by atoms with E-state index in [-0.39, 0.29) is 17.9 Å². The van der Waals surface area contributed by atoms with Gasteiger partial charge < -0.3 is 14.2 Å². The van der Waals surface area contributed by atoms with Crippen molar-refractivity contribution in [3.8, 4) is 17.2 Å². The van der Waals surface area contributed by atoms with Gasteiger partial charge in [-0.1, -0.05) is 42.5 Å². The molecule has 3 aromatic carbocycles. The van der Waals surface area contributed by atoms with Gasteiger partial charge in [-0.25, -0.2) is 5.43 Å². The lowest BCUT2D eigenvalue weighted by Crippen LogP contribution is -2.19. The van der Waals surface area contributed by atoms with Crippen LogP contribution in [0.4, 0.5) is 8.78 Å². The normalized spacial score (nSPS) is 10.8. The van der Waals surface area contributed by atoms with Crippen LogP contribution in [-0.2, 0) is 0 Å². The Labute approximate surface area is 178 Å². The molecule has 0 heterocycles. The van der Waals surface area contributed by atoms with E-state index in [0.29, 0.717) is 17.9 Å². The zero-order chi connectivity index (χ0) is 21.9. The Morgan fingerprint density at radius 2 is 1.52 bits per heavy atom. The summed E-state index contributed by atoms with van der Waals surface area (Å²) < 4.78 is 40.6. The number of carbonyl (C=O) groups excluding carboxylic acids is 1. The Morgan fingerprint density at radius 1 is 0.871 bits per heavy atom. The van der Waals surface area contributed by atoms with Gasteiger partial charge in [-0.2, -0.15) is 13.9 Å². The molecule has 0 aliphatic carbocycles. The van der Waals surface area contributed by atoms with Gasteiger partial charge >= 0.3 is 6.61 Å². The molecule has 8 heteroatoms. The van der Waals surface area contributed by atoms with Crippen LogP contribution < -0.4 is 19.6 Å². The first-order valence-corrected chi connectivity index (χ1v) is 9.40.